The number of carbonyl (C=O) groups is 2. The van der Waals surface area contributed by atoms with Crippen molar-refractivity contribution in [1.82, 2.24) is 4.90 Å². The molecule has 0 N–H and O–H groups in total. The molecule has 4 heteroatoms. The van der Waals surface area contributed by atoms with Crippen LogP contribution in [-0.2, 0) is 14.3 Å². The molecule has 1 aromatic rings. The van der Waals surface area contributed by atoms with E-state index in [1.54, 1.807) is 11.8 Å². The van der Waals surface area contributed by atoms with E-state index in [-0.39, 0.29) is 24.5 Å². The van der Waals surface area contributed by atoms with Gasteiger partial charge in [-0.15, -0.1) is 0 Å². The van der Waals surface area contributed by atoms with Crippen molar-refractivity contribution in [2.45, 2.75) is 31.3 Å². The fourth-order valence-electron chi connectivity index (χ4n) is 2.89. The number of fused-ring (bicyclic) bond motifs is 1. The van der Waals surface area contributed by atoms with Gasteiger partial charge in [0.05, 0.1) is 6.04 Å². The highest BCUT2D eigenvalue weighted by Gasteiger charge is 2.54. The molecule has 3 rings (SSSR count). The molecule has 0 spiro atoms. The first-order valence-electron chi connectivity index (χ1n) is 6.17. The Morgan fingerprint density at radius 2 is 2.00 bits per heavy atom. The van der Waals surface area contributed by atoms with E-state index in [2.05, 4.69) is 0 Å². The molecule has 0 aliphatic carbocycles. The van der Waals surface area contributed by atoms with Gasteiger partial charge in [0.15, 0.2) is 0 Å². The summed E-state index contributed by atoms with van der Waals surface area (Å²) in [5.41, 5.74) is 0.238. The van der Waals surface area contributed by atoms with Crippen molar-refractivity contribution < 1.29 is 14.3 Å². The number of rotatable bonds is 1. The molecule has 0 radical (unpaired) electrons. The zero-order chi connectivity index (χ0) is 12.8. The van der Waals surface area contributed by atoms with E-state index in [9.17, 15) is 9.59 Å². The number of amides is 1. The second-order valence-electron chi connectivity index (χ2n) is 5.06. The molecule has 4 nitrogen and oxygen atoms in total. The van der Waals surface area contributed by atoms with Crippen LogP contribution in [0, 0.1) is 0 Å². The summed E-state index contributed by atoms with van der Waals surface area (Å²) in [6.45, 7) is 2.06. The Labute approximate surface area is 106 Å². The fraction of sp³-hybridized carbons (Fsp3) is 0.429. The van der Waals surface area contributed by atoms with Gasteiger partial charge in [-0.25, -0.2) is 4.79 Å². The Bertz CT molecular complexity index is 499. The molecular formula is C14H15NO3. The maximum Gasteiger partial charge on any atom is 0.331 e. The highest BCUT2D eigenvalue weighted by atomic mass is 16.5. The zero-order valence-corrected chi connectivity index (χ0v) is 10.3. The van der Waals surface area contributed by atoms with Crippen LogP contribution in [0.3, 0.4) is 0 Å². The van der Waals surface area contributed by atoms with Gasteiger partial charge in [0.25, 0.3) is 0 Å². The quantitative estimate of drug-likeness (QED) is 0.707. The number of ether oxygens (including phenoxy) is 1. The Kier molecular flexibility index (Phi) is 2.40. The monoisotopic (exact) mass is 245 g/mol. The molecule has 1 aromatic carbocycles. The first-order valence-corrected chi connectivity index (χ1v) is 6.17. The molecule has 94 valence electrons. The van der Waals surface area contributed by atoms with Crippen LogP contribution >= 0.6 is 0 Å². The molecule has 2 saturated heterocycles. The first kappa shape index (κ1) is 11.3. The largest absolute Gasteiger partial charge is 0.461 e. The number of esters is 1. The van der Waals surface area contributed by atoms with Crippen molar-refractivity contribution >= 4 is 11.9 Å². The van der Waals surface area contributed by atoms with E-state index in [0.717, 1.165) is 5.56 Å². The Morgan fingerprint density at radius 1 is 1.28 bits per heavy atom. The highest BCUT2D eigenvalue weighted by Crippen LogP contribution is 2.41. The number of hydrogen-bond donors (Lipinski definition) is 0. The SMILES string of the molecule is C[C@]12CCC(=O)N1[C@@H](c1ccccc1)COC2=O. The molecule has 0 aromatic heterocycles. The zero-order valence-electron chi connectivity index (χ0n) is 10.3. The maximum absolute atomic E-state index is 12.1. The number of nitrogens with zero attached hydrogens (tertiary/aromatic N) is 1. The van der Waals surface area contributed by atoms with E-state index in [1.807, 2.05) is 30.3 Å². The number of morpholine rings is 1. The minimum absolute atomic E-state index is 0.0444. The second-order valence-corrected chi connectivity index (χ2v) is 5.06. The maximum atomic E-state index is 12.1. The molecule has 2 atom stereocenters. The van der Waals surface area contributed by atoms with Crippen LogP contribution in [0.1, 0.15) is 31.4 Å². The summed E-state index contributed by atoms with van der Waals surface area (Å²) in [4.78, 5) is 25.7. The lowest BCUT2D eigenvalue weighted by Gasteiger charge is -2.43. The van der Waals surface area contributed by atoms with Crippen molar-refractivity contribution in [2.24, 2.45) is 0 Å². The lowest BCUT2D eigenvalue weighted by Crippen LogP contribution is -2.57. The van der Waals surface area contributed by atoms with Gasteiger partial charge in [0, 0.05) is 6.42 Å². The van der Waals surface area contributed by atoms with Crippen molar-refractivity contribution in [3.63, 3.8) is 0 Å². The predicted octanol–water partition coefficient (Wildman–Crippen LogP) is 1.67. The summed E-state index contributed by atoms with van der Waals surface area (Å²) >= 11 is 0. The van der Waals surface area contributed by atoms with E-state index in [1.165, 1.54) is 0 Å². The number of hydrogen-bond acceptors (Lipinski definition) is 3. The molecule has 2 heterocycles. The summed E-state index contributed by atoms with van der Waals surface area (Å²) in [6.07, 6.45) is 0.975. The Balaban J connectivity index is 2.02. The normalized spacial score (nSPS) is 31.2. The molecule has 2 aliphatic heterocycles. The predicted molar refractivity (Wildman–Crippen MR) is 64.6 cm³/mol. The van der Waals surface area contributed by atoms with Crippen LogP contribution in [0.5, 0.6) is 0 Å². The van der Waals surface area contributed by atoms with E-state index >= 15 is 0 Å². The van der Waals surface area contributed by atoms with Crippen LogP contribution in [0.4, 0.5) is 0 Å². The smallest absolute Gasteiger partial charge is 0.331 e. The van der Waals surface area contributed by atoms with E-state index in [4.69, 9.17) is 4.74 Å². The summed E-state index contributed by atoms with van der Waals surface area (Å²) < 4.78 is 5.28. The lowest BCUT2D eigenvalue weighted by atomic mass is 9.93. The minimum Gasteiger partial charge on any atom is -0.461 e. The third-order valence-electron chi connectivity index (χ3n) is 3.93. The summed E-state index contributed by atoms with van der Waals surface area (Å²) in [6, 6.07) is 9.59. The third-order valence-corrected chi connectivity index (χ3v) is 3.93. The van der Waals surface area contributed by atoms with E-state index in [0.29, 0.717) is 12.8 Å². The first-order chi connectivity index (χ1) is 8.63. The van der Waals surface area contributed by atoms with Gasteiger partial charge in [0.1, 0.15) is 12.1 Å². The Morgan fingerprint density at radius 3 is 2.72 bits per heavy atom. The van der Waals surface area contributed by atoms with Crippen LogP contribution in [0.2, 0.25) is 0 Å². The summed E-state index contributed by atoms with van der Waals surface area (Å²) in [5, 5.41) is 0. The average molecular weight is 245 g/mol. The molecule has 0 unspecified atom stereocenters. The standard InChI is InChI=1S/C14H15NO3/c1-14-8-7-12(16)15(14)11(9-18-13(14)17)10-5-3-2-4-6-10/h2-6,11H,7-9H2,1H3/t11-,14-/m1/s1. The highest BCUT2D eigenvalue weighted by molar-refractivity contribution is 5.92. The lowest BCUT2D eigenvalue weighted by molar-refractivity contribution is -0.175. The van der Waals surface area contributed by atoms with Crippen molar-refractivity contribution in [3.05, 3.63) is 35.9 Å². The van der Waals surface area contributed by atoms with Crippen molar-refractivity contribution in [1.29, 1.82) is 0 Å². The number of carbonyl (C=O) groups excluding carboxylic acids is 2. The summed E-state index contributed by atoms with van der Waals surface area (Å²) in [5.74, 6) is -0.233. The van der Waals surface area contributed by atoms with Crippen LogP contribution in [-0.4, -0.2) is 28.9 Å². The average Bonchev–Trinajstić information content (AvgIpc) is 2.70. The molecule has 1 amide bonds. The Hall–Kier alpha value is -1.84. The van der Waals surface area contributed by atoms with E-state index < -0.39 is 5.54 Å². The second kappa shape index (κ2) is 3.83. The third kappa shape index (κ3) is 1.45. The fourth-order valence-corrected chi connectivity index (χ4v) is 2.89. The molecule has 2 fully saturated rings. The van der Waals surface area contributed by atoms with Crippen LogP contribution in [0.15, 0.2) is 30.3 Å². The minimum atomic E-state index is -0.782. The van der Waals surface area contributed by atoms with Crippen molar-refractivity contribution in [2.75, 3.05) is 6.61 Å². The topological polar surface area (TPSA) is 46.6 Å². The molecular weight excluding hydrogens is 230 g/mol. The molecule has 2 aliphatic rings. The molecule has 0 saturated carbocycles. The van der Waals surface area contributed by atoms with Gasteiger partial charge in [-0.3, -0.25) is 4.79 Å². The molecule has 0 bridgehead atoms. The summed E-state index contributed by atoms with van der Waals surface area (Å²) in [7, 11) is 0. The molecule has 18 heavy (non-hydrogen) atoms. The van der Waals surface area contributed by atoms with Gasteiger partial charge >= 0.3 is 5.97 Å². The number of benzene rings is 1. The van der Waals surface area contributed by atoms with Gasteiger partial charge in [-0.2, -0.15) is 0 Å². The van der Waals surface area contributed by atoms with Crippen LogP contribution in [0.25, 0.3) is 0 Å². The van der Waals surface area contributed by atoms with Gasteiger partial charge in [0.2, 0.25) is 5.91 Å². The van der Waals surface area contributed by atoms with Gasteiger partial charge in [-0.05, 0) is 18.9 Å². The number of cyclic esters (lactones) is 1. The van der Waals surface area contributed by atoms with Gasteiger partial charge in [-0.1, -0.05) is 30.3 Å². The van der Waals surface area contributed by atoms with Gasteiger partial charge < -0.3 is 9.64 Å². The van der Waals surface area contributed by atoms with Crippen LogP contribution < -0.4 is 0 Å². The van der Waals surface area contributed by atoms with Crippen molar-refractivity contribution in [3.8, 4) is 0 Å².